The summed E-state index contributed by atoms with van der Waals surface area (Å²) in [5, 5.41) is 6.21. The number of hydrogen-bond acceptors (Lipinski definition) is 3. The van der Waals surface area contributed by atoms with Gasteiger partial charge in [-0.3, -0.25) is 4.79 Å². The molecule has 0 aromatic carbocycles. The average Bonchev–Trinajstić information content (AvgIpc) is 2.42. The lowest BCUT2D eigenvalue weighted by atomic mass is 9.81. The van der Waals surface area contributed by atoms with E-state index in [2.05, 4.69) is 17.6 Å². The summed E-state index contributed by atoms with van der Waals surface area (Å²) in [5.41, 5.74) is 0. The van der Waals surface area contributed by atoms with Crippen LogP contribution in [0.25, 0.3) is 0 Å². The van der Waals surface area contributed by atoms with Crippen molar-refractivity contribution in [1.82, 2.24) is 10.6 Å². The van der Waals surface area contributed by atoms with Gasteiger partial charge in [0, 0.05) is 13.1 Å². The number of amides is 1. The summed E-state index contributed by atoms with van der Waals surface area (Å²) in [4.78, 5) is 11.8. The molecule has 0 spiro atoms. The predicted octanol–water partition coefficient (Wildman–Crippen LogP) is 1.31. The van der Waals surface area contributed by atoms with E-state index in [1.165, 1.54) is 25.7 Å². The highest BCUT2D eigenvalue weighted by Crippen LogP contribution is 2.29. The van der Waals surface area contributed by atoms with Gasteiger partial charge in [0.1, 0.15) is 6.04 Å². The first-order chi connectivity index (χ1) is 8.75. The maximum Gasteiger partial charge on any atom is 0.239 e. The molecule has 2 aliphatic rings. The third-order valence-electron chi connectivity index (χ3n) is 4.23. The Hall–Kier alpha value is -0.610. The first kappa shape index (κ1) is 13.8. The Morgan fingerprint density at radius 3 is 2.78 bits per heavy atom. The summed E-state index contributed by atoms with van der Waals surface area (Å²) < 4.78 is 5.29. The van der Waals surface area contributed by atoms with Crippen molar-refractivity contribution in [3.8, 4) is 0 Å². The Kier molecular flexibility index (Phi) is 5.45. The molecule has 104 valence electrons. The molecule has 2 rings (SSSR count). The molecule has 4 nitrogen and oxygen atoms in total. The Balaban J connectivity index is 1.58. The molecule has 1 aliphatic heterocycles. The fraction of sp³-hybridized carbons (Fsp3) is 0.929. The zero-order valence-electron chi connectivity index (χ0n) is 11.4. The number of nitrogens with one attached hydrogen (secondary N) is 2. The highest BCUT2D eigenvalue weighted by Gasteiger charge is 2.22. The normalized spacial score (nSPS) is 33.1. The third-order valence-corrected chi connectivity index (χ3v) is 4.23. The molecule has 2 N–H and O–H groups in total. The summed E-state index contributed by atoms with van der Waals surface area (Å²) in [5.74, 6) is 1.82. The number of hydrogen-bond donors (Lipinski definition) is 2. The van der Waals surface area contributed by atoms with Crippen LogP contribution in [-0.2, 0) is 9.53 Å². The summed E-state index contributed by atoms with van der Waals surface area (Å²) >= 11 is 0. The summed E-state index contributed by atoms with van der Waals surface area (Å²) in [6.07, 6.45) is 6.52. The molecular formula is C14H26N2O2. The number of carbonyl (C=O) groups is 1. The number of morpholine rings is 1. The zero-order valence-corrected chi connectivity index (χ0v) is 11.4. The monoisotopic (exact) mass is 254 g/mol. The van der Waals surface area contributed by atoms with E-state index in [9.17, 15) is 4.79 Å². The smallest absolute Gasteiger partial charge is 0.239 e. The van der Waals surface area contributed by atoms with Gasteiger partial charge in [-0.15, -0.1) is 0 Å². The van der Waals surface area contributed by atoms with Gasteiger partial charge in [0.05, 0.1) is 13.2 Å². The average molecular weight is 254 g/mol. The number of carbonyl (C=O) groups excluding carboxylic acids is 1. The molecule has 0 aromatic heterocycles. The van der Waals surface area contributed by atoms with E-state index in [1.807, 2.05) is 0 Å². The molecular weight excluding hydrogens is 228 g/mol. The third kappa shape index (κ3) is 4.25. The van der Waals surface area contributed by atoms with Crippen molar-refractivity contribution in [3.05, 3.63) is 0 Å². The van der Waals surface area contributed by atoms with E-state index in [-0.39, 0.29) is 11.9 Å². The van der Waals surface area contributed by atoms with E-state index < -0.39 is 0 Å². The molecule has 1 heterocycles. The Morgan fingerprint density at radius 1 is 1.33 bits per heavy atom. The highest BCUT2D eigenvalue weighted by molar-refractivity contribution is 5.81. The minimum absolute atomic E-state index is 0.0962. The standard InChI is InChI=1S/C14H26N2O2/c1-11-2-4-12(5-3-11)6-7-16-14(17)13-10-18-9-8-15-13/h11-13,15H,2-10H2,1H3,(H,16,17). The minimum atomic E-state index is -0.148. The van der Waals surface area contributed by atoms with Crippen molar-refractivity contribution in [2.45, 2.75) is 45.1 Å². The first-order valence-electron chi connectivity index (χ1n) is 7.34. The number of ether oxygens (including phenoxy) is 1. The van der Waals surface area contributed by atoms with Gasteiger partial charge >= 0.3 is 0 Å². The molecule has 18 heavy (non-hydrogen) atoms. The van der Waals surface area contributed by atoms with Gasteiger partial charge in [-0.2, -0.15) is 0 Å². The van der Waals surface area contributed by atoms with Gasteiger partial charge in [0.2, 0.25) is 5.91 Å². The van der Waals surface area contributed by atoms with Crippen molar-refractivity contribution in [3.63, 3.8) is 0 Å². The number of rotatable bonds is 4. The van der Waals surface area contributed by atoms with Crippen molar-refractivity contribution in [2.75, 3.05) is 26.3 Å². The minimum Gasteiger partial charge on any atom is -0.378 e. The molecule has 0 bridgehead atoms. The molecule has 1 aliphatic carbocycles. The molecule has 1 amide bonds. The topological polar surface area (TPSA) is 50.4 Å². The fourth-order valence-corrected chi connectivity index (χ4v) is 2.87. The van der Waals surface area contributed by atoms with Gasteiger partial charge in [0.15, 0.2) is 0 Å². The van der Waals surface area contributed by atoms with Gasteiger partial charge in [-0.1, -0.05) is 32.6 Å². The van der Waals surface area contributed by atoms with Crippen molar-refractivity contribution < 1.29 is 9.53 Å². The van der Waals surface area contributed by atoms with E-state index in [0.29, 0.717) is 13.2 Å². The summed E-state index contributed by atoms with van der Waals surface area (Å²) in [6.45, 7) is 5.15. The molecule has 1 unspecified atom stereocenters. The Labute approximate surface area is 110 Å². The SMILES string of the molecule is CC1CCC(CCNC(=O)C2COCCN2)CC1. The molecule has 2 fully saturated rings. The molecule has 1 atom stereocenters. The second-order valence-corrected chi connectivity index (χ2v) is 5.79. The maximum absolute atomic E-state index is 11.8. The van der Waals surface area contributed by atoms with Crippen LogP contribution in [0.3, 0.4) is 0 Å². The largest absolute Gasteiger partial charge is 0.378 e. The highest BCUT2D eigenvalue weighted by atomic mass is 16.5. The van der Waals surface area contributed by atoms with Gasteiger partial charge in [-0.05, 0) is 18.3 Å². The van der Waals surface area contributed by atoms with E-state index >= 15 is 0 Å². The lowest BCUT2D eigenvalue weighted by Gasteiger charge is -2.27. The molecule has 0 aromatic rings. The fourth-order valence-electron chi connectivity index (χ4n) is 2.87. The van der Waals surface area contributed by atoms with Gasteiger partial charge < -0.3 is 15.4 Å². The predicted molar refractivity (Wildman–Crippen MR) is 71.4 cm³/mol. The van der Waals surface area contributed by atoms with Crippen LogP contribution < -0.4 is 10.6 Å². The van der Waals surface area contributed by atoms with E-state index in [1.54, 1.807) is 0 Å². The van der Waals surface area contributed by atoms with E-state index in [4.69, 9.17) is 4.74 Å². The quantitative estimate of drug-likeness (QED) is 0.795. The molecule has 4 heteroatoms. The molecule has 0 radical (unpaired) electrons. The van der Waals surface area contributed by atoms with Crippen LogP contribution in [0.5, 0.6) is 0 Å². The van der Waals surface area contributed by atoms with Crippen LogP contribution in [0, 0.1) is 11.8 Å². The maximum atomic E-state index is 11.8. The first-order valence-corrected chi connectivity index (χ1v) is 7.34. The van der Waals surface area contributed by atoms with Crippen LogP contribution >= 0.6 is 0 Å². The summed E-state index contributed by atoms with van der Waals surface area (Å²) in [6, 6.07) is -0.148. The van der Waals surface area contributed by atoms with Crippen molar-refractivity contribution in [2.24, 2.45) is 11.8 Å². The zero-order chi connectivity index (χ0) is 12.8. The Morgan fingerprint density at radius 2 is 2.11 bits per heavy atom. The summed E-state index contributed by atoms with van der Waals surface area (Å²) in [7, 11) is 0. The van der Waals surface area contributed by atoms with Crippen LogP contribution in [-0.4, -0.2) is 38.3 Å². The Bertz CT molecular complexity index is 257. The molecule has 1 saturated carbocycles. The van der Waals surface area contributed by atoms with Crippen LogP contribution in [0.1, 0.15) is 39.0 Å². The van der Waals surface area contributed by atoms with Gasteiger partial charge in [-0.25, -0.2) is 0 Å². The van der Waals surface area contributed by atoms with Crippen molar-refractivity contribution >= 4 is 5.91 Å². The van der Waals surface area contributed by atoms with Crippen LogP contribution in [0.4, 0.5) is 0 Å². The lowest BCUT2D eigenvalue weighted by molar-refractivity contribution is -0.125. The van der Waals surface area contributed by atoms with Crippen LogP contribution in [0.15, 0.2) is 0 Å². The second-order valence-electron chi connectivity index (χ2n) is 5.79. The second kappa shape index (κ2) is 7.10. The van der Waals surface area contributed by atoms with E-state index in [0.717, 1.165) is 31.3 Å². The lowest BCUT2D eigenvalue weighted by Crippen LogP contribution is -2.51. The van der Waals surface area contributed by atoms with Crippen LogP contribution in [0.2, 0.25) is 0 Å². The van der Waals surface area contributed by atoms with Gasteiger partial charge in [0.25, 0.3) is 0 Å². The molecule has 1 saturated heterocycles. The van der Waals surface area contributed by atoms with Crippen molar-refractivity contribution in [1.29, 1.82) is 0 Å².